The smallest absolute Gasteiger partial charge is 0.195 e. The number of ketones is 2. The van der Waals surface area contributed by atoms with Gasteiger partial charge in [0.2, 0.25) is 0 Å². The molecule has 0 unspecified atom stereocenters. The molecule has 32 heavy (non-hydrogen) atoms. The Morgan fingerprint density at radius 1 is 0.938 bits per heavy atom. The van der Waals surface area contributed by atoms with Crippen LogP contribution in [0, 0.1) is 6.92 Å². The summed E-state index contributed by atoms with van der Waals surface area (Å²) < 4.78 is 6.36. The lowest BCUT2D eigenvalue weighted by atomic mass is 9.77. The fraction of sp³-hybridized carbons (Fsp3) is 0.269. The summed E-state index contributed by atoms with van der Waals surface area (Å²) in [7, 11) is 1.61. The van der Waals surface area contributed by atoms with Gasteiger partial charge in [-0.2, -0.15) is 0 Å². The van der Waals surface area contributed by atoms with Gasteiger partial charge in [-0.25, -0.2) is 4.98 Å². The number of ether oxygens (including phenoxy) is 1. The number of carbonyl (C=O) groups excluding carboxylic acids is 2. The molecule has 0 atom stereocenters. The van der Waals surface area contributed by atoms with Crippen molar-refractivity contribution in [1.82, 2.24) is 4.98 Å². The zero-order valence-corrected chi connectivity index (χ0v) is 20.0. The Kier molecular flexibility index (Phi) is 5.73. The molecule has 0 N–H and O–H groups in total. The number of rotatable bonds is 5. The molecular formula is C26H26N2O3S. The van der Waals surface area contributed by atoms with E-state index in [-0.39, 0.29) is 11.6 Å². The maximum absolute atomic E-state index is 12.9. The lowest BCUT2D eigenvalue weighted by Gasteiger charge is -2.36. The predicted octanol–water partition coefficient (Wildman–Crippen LogP) is 5.94. The number of allylic oxidation sites excluding steroid dienone is 4. The Labute approximate surface area is 192 Å². The summed E-state index contributed by atoms with van der Waals surface area (Å²) >= 11 is 1.56. The highest BCUT2D eigenvalue weighted by molar-refractivity contribution is 7.22. The van der Waals surface area contributed by atoms with E-state index in [1.54, 1.807) is 32.3 Å². The van der Waals surface area contributed by atoms with E-state index in [1.807, 2.05) is 55.1 Å². The standard InChI is InChI=1S/C26H26N2O3S/c1-14-7-12-21-22(13-14)32-26(27-21)28-15(2)23(17(4)29)25(24(16(28)3)18(5)30)19-8-10-20(31-6)11-9-19/h7-13,25H,1-6H3. The van der Waals surface area contributed by atoms with Gasteiger partial charge in [-0.1, -0.05) is 29.5 Å². The van der Waals surface area contributed by atoms with Crippen molar-refractivity contribution in [2.75, 3.05) is 12.0 Å². The first-order chi connectivity index (χ1) is 15.2. The molecule has 2 aromatic carbocycles. The summed E-state index contributed by atoms with van der Waals surface area (Å²) in [5.41, 5.74) is 5.79. The average Bonchev–Trinajstić information content (AvgIpc) is 3.15. The first-order valence-corrected chi connectivity index (χ1v) is 11.3. The van der Waals surface area contributed by atoms with E-state index in [9.17, 15) is 9.59 Å². The van der Waals surface area contributed by atoms with Crippen LogP contribution in [0.15, 0.2) is 65.0 Å². The van der Waals surface area contributed by atoms with E-state index in [0.29, 0.717) is 11.1 Å². The number of aryl methyl sites for hydroxylation is 1. The lowest BCUT2D eigenvalue weighted by molar-refractivity contribution is -0.114. The van der Waals surface area contributed by atoms with E-state index in [0.717, 1.165) is 38.1 Å². The van der Waals surface area contributed by atoms with Gasteiger partial charge in [0, 0.05) is 28.5 Å². The fourth-order valence-corrected chi connectivity index (χ4v) is 5.67. The summed E-state index contributed by atoms with van der Waals surface area (Å²) in [6, 6.07) is 13.7. The minimum atomic E-state index is -0.427. The number of benzene rings is 2. The van der Waals surface area contributed by atoms with E-state index >= 15 is 0 Å². The van der Waals surface area contributed by atoms with Gasteiger partial charge in [-0.05, 0) is 70.0 Å². The highest BCUT2D eigenvalue weighted by Crippen LogP contribution is 2.45. The third-order valence-corrected chi connectivity index (χ3v) is 6.96. The van der Waals surface area contributed by atoms with E-state index in [1.165, 1.54) is 5.56 Å². The number of hydrogen-bond acceptors (Lipinski definition) is 6. The zero-order chi connectivity index (χ0) is 23.2. The number of Topliss-reactive ketones (excluding diaryl/α,β-unsaturated/α-hetero) is 2. The first-order valence-electron chi connectivity index (χ1n) is 10.5. The summed E-state index contributed by atoms with van der Waals surface area (Å²) in [6.45, 7) is 9.05. The van der Waals surface area contributed by atoms with Crippen LogP contribution in [-0.4, -0.2) is 23.7 Å². The molecule has 1 aliphatic rings. The van der Waals surface area contributed by atoms with Crippen molar-refractivity contribution >= 4 is 38.3 Å². The van der Waals surface area contributed by atoms with Crippen LogP contribution in [0.25, 0.3) is 10.2 Å². The molecule has 2 heterocycles. The Bertz CT molecular complexity index is 1260. The van der Waals surface area contributed by atoms with Crippen LogP contribution >= 0.6 is 11.3 Å². The van der Waals surface area contributed by atoms with Crippen LogP contribution in [0.3, 0.4) is 0 Å². The van der Waals surface area contributed by atoms with Crippen molar-refractivity contribution in [2.24, 2.45) is 0 Å². The van der Waals surface area contributed by atoms with Gasteiger partial charge in [-0.3, -0.25) is 14.5 Å². The Morgan fingerprint density at radius 2 is 1.53 bits per heavy atom. The third kappa shape index (κ3) is 3.65. The van der Waals surface area contributed by atoms with Crippen molar-refractivity contribution < 1.29 is 14.3 Å². The number of anilines is 1. The second-order valence-electron chi connectivity index (χ2n) is 8.12. The topological polar surface area (TPSA) is 59.5 Å². The van der Waals surface area contributed by atoms with Gasteiger partial charge in [0.1, 0.15) is 5.75 Å². The van der Waals surface area contributed by atoms with Gasteiger partial charge in [-0.15, -0.1) is 0 Å². The molecule has 0 aliphatic carbocycles. The maximum Gasteiger partial charge on any atom is 0.195 e. The fourth-order valence-electron chi connectivity index (χ4n) is 4.50. The molecule has 0 spiro atoms. The van der Waals surface area contributed by atoms with Crippen molar-refractivity contribution in [3.05, 3.63) is 76.1 Å². The van der Waals surface area contributed by atoms with Crippen LogP contribution in [0.4, 0.5) is 5.13 Å². The second kappa shape index (κ2) is 8.36. The van der Waals surface area contributed by atoms with Crippen molar-refractivity contribution in [3.63, 3.8) is 0 Å². The minimum absolute atomic E-state index is 0.0588. The monoisotopic (exact) mass is 446 g/mol. The molecule has 164 valence electrons. The normalized spacial score (nSPS) is 15.0. The summed E-state index contributed by atoms with van der Waals surface area (Å²) in [5.74, 6) is 0.183. The summed E-state index contributed by atoms with van der Waals surface area (Å²) in [4.78, 5) is 32.6. The molecule has 0 amide bonds. The van der Waals surface area contributed by atoms with Gasteiger partial charge in [0.05, 0.1) is 17.3 Å². The van der Waals surface area contributed by atoms with Gasteiger partial charge >= 0.3 is 0 Å². The molecule has 0 saturated carbocycles. The molecule has 1 aliphatic heterocycles. The summed E-state index contributed by atoms with van der Waals surface area (Å²) in [5, 5.41) is 0.756. The minimum Gasteiger partial charge on any atom is -0.497 e. The second-order valence-corrected chi connectivity index (χ2v) is 9.13. The zero-order valence-electron chi connectivity index (χ0n) is 19.1. The Hall–Kier alpha value is -3.25. The molecule has 0 fully saturated rings. The van der Waals surface area contributed by atoms with Crippen LogP contribution in [0.1, 0.15) is 44.7 Å². The number of carbonyl (C=O) groups is 2. The molecular weight excluding hydrogens is 420 g/mol. The molecule has 6 heteroatoms. The number of aromatic nitrogens is 1. The van der Waals surface area contributed by atoms with Gasteiger partial charge in [0.15, 0.2) is 16.7 Å². The van der Waals surface area contributed by atoms with E-state index in [4.69, 9.17) is 9.72 Å². The van der Waals surface area contributed by atoms with Crippen LogP contribution in [-0.2, 0) is 9.59 Å². The maximum atomic E-state index is 12.9. The highest BCUT2D eigenvalue weighted by Gasteiger charge is 2.38. The first kappa shape index (κ1) is 22.0. The lowest BCUT2D eigenvalue weighted by Crippen LogP contribution is -2.33. The Balaban J connectivity index is 1.95. The molecule has 5 nitrogen and oxygen atoms in total. The van der Waals surface area contributed by atoms with E-state index < -0.39 is 5.92 Å². The van der Waals surface area contributed by atoms with Crippen molar-refractivity contribution in [2.45, 2.75) is 40.5 Å². The van der Waals surface area contributed by atoms with Crippen molar-refractivity contribution in [3.8, 4) is 5.75 Å². The third-order valence-electron chi connectivity index (χ3n) is 5.96. The van der Waals surface area contributed by atoms with Gasteiger partial charge in [0.25, 0.3) is 0 Å². The molecule has 0 bridgehead atoms. The molecule has 3 aromatic rings. The largest absolute Gasteiger partial charge is 0.497 e. The molecule has 1 aromatic heterocycles. The Morgan fingerprint density at radius 3 is 2.06 bits per heavy atom. The van der Waals surface area contributed by atoms with E-state index in [2.05, 4.69) is 13.0 Å². The SMILES string of the molecule is COc1ccc(C2C(C(C)=O)=C(C)N(c3nc4ccc(C)cc4s3)C(C)=C2C(C)=O)cc1. The van der Waals surface area contributed by atoms with Crippen LogP contribution in [0.2, 0.25) is 0 Å². The van der Waals surface area contributed by atoms with Crippen LogP contribution in [0.5, 0.6) is 5.75 Å². The van der Waals surface area contributed by atoms with Gasteiger partial charge < -0.3 is 4.74 Å². The number of fused-ring (bicyclic) bond motifs is 1. The highest BCUT2D eigenvalue weighted by atomic mass is 32.1. The molecule has 0 saturated heterocycles. The molecule has 0 radical (unpaired) electrons. The number of methoxy groups -OCH3 is 1. The number of nitrogens with zero attached hydrogens (tertiary/aromatic N) is 2. The quantitative estimate of drug-likeness (QED) is 0.485. The van der Waals surface area contributed by atoms with Crippen LogP contribution < -0.4 is 9.64 Å². The van der Waals surface area contributed by atoms with Crippen molar-refractivity contribution in [1.29, 1.82) is 0 Å². The number of hydrogen-bond donors (Lipinski definition) is 0. The average molecular weight is 447 g/mol. The summed E-state index contributed by atoms with van der Waals surface area (Å²) in [6.07, 6.45) is 0. The number of thiazole rings is 1. The predicted molar refractivity (Wildman–Crippen MR) is 129 cm³/mol. The molecule has 4 rings (SSSR count).